The summed E-state index contributed by atoms with van der Waals surface area (Å²) in [5, 5.41) is 11.6. The van der Waals surface area contributed by atoms with E-state index in [1.807, 2.05) is 0 Å². The molecule has 7 heteroatoms. The third kappa shape index (κ3) is 3.10. The lowest BCUT2D eigenvalue weighted by Gasteiger charge is -2.08. The molecule has 2 aromatic rings. The van der Waals surface area contributed by atoms with Crippen molar-refractivity contribution in [2.24, 2.45) is 0 Å². The SMILES string of the molecule is Cc1ccc(C(=O)O)cc1NC(=O)c1cncc(Cl)n1. The van der Waals surface area contributed by atoms with E-state index in [4.69, 9.17) is 16.7 Å². The fraction of sp³-hybridized carbons (Fsp3) is 0.0769. The van der Waals surface area contributed by atoms with Crippen LogP contribution in [0.25, 0.3) is 0 Å². The molecule has 0 saturated heterocycles. The molecule has 6 nitrogen and oxygen atoms in total. The van der Waals surface area contributed by atoms with Crippen LogP contribution in [0.5, 0.6) is 0 Å². The number of aromatic nitrogens is 2. The van der Waals surface area contributed by atoms with Crippen LogP contribution >= 0.6 is 11.6 Å². The molecular formula is C13H10ClN3O3. The minimum absolute atomic E-state index is 0.0534. The molecule has 1 aromatic carbocycles. The number of nitrogens with one attached hydrogen (secondary N) is 1. The Kier molecular flexibility index (Phi) is 3.95. The van der Waals surface area contributed by atoms with E-state index in [2.05, 4.69) is 15.3 Å². The molecule has 0 spiro atoms. The predicted molar refractivity (Wildman–Crippen MR) is 73.1 cm³/mol. The molecule has 1 heterocycles. The van der Waals surface area contributed by atoms with Gasteiger partial charge in [0.2, 0.25) is 0 Å². The first kappa shape index (κ1) is 14.0. The average Bonchev–Trinajstić information content (AvgIpc) is 2.41. The molecule has 0 bridgehead atoms. The van der Waals surface area contributed by atoms with E-state index >= 15 is 0 Å². The first-order valence-electron chi connectivity index (χ1n) is 5.60. The second-order valence-electron chi connectivity index (χ2n) is 4.02. The number of amides is 1. The highest BCUT2D eigenvalue weighted by atomic mass is 35.5. The van der Waals surface area contributed by atoms with Gasteiger partial charge in [0.1, 0.15) is 10.8 Å². The molecule has 0 radical (unpaired) electrons. The molecule has 20 heavy (non-hydrogen) atoms. The van der Waals surface area contributed by atoms with Crippen LogP contribution in [0.15, 0.2) is 30.6 Å². The third-order valence-electron chi connectivity index (χ3n) is 2.57. The van der Waals surface area contributed by atoms with Crippen LogP contribution in [-0.2, 0) is 0 Å². The van der Waals surface area contributed by atoms with Crippen LogP contribution in [0, 0.1) is 6.92 Å². The second-order valence-corrected chi connectivity index (χ2v) is 4.40. The number of hydrogen-bond acceptors (Lipinski definition) is 4. The van der Waals surface area contributed by atoms with E-state index in [1.54, 1.807) is 13.0 Å². The standard InChI is InChI=1S/C13H10ClN3O3/c1-7-2-3-8(13(19)20)4-9(7)17-12(18)10-5-15-6-11(14)16-10/h2-6H,1H3,(H,17,18)(H,19,20). The molecule has 0 aliphatic carbocycles. The fourth-order valence-corrected chi connectivity index (χ4v) is 1.68. The maximum absolute atomic E-state index is 12.0. The smallest absolute Gasteiger partial charge is 0.335 e. The van der Waals surface area contributed by atoms with E-state index < -0.39 is 11.9 Å². The maximum Gasteiger partial charge on any atom is 0.335 e. The first-order valence-corrected chi connectivity index (χ1v) is 5.98. The molecule has 2 rings (SSSR count). The Morgan fingerprint density at radius 2 is 2.05 bits per heavy atom. The van der Waals surface area contributed by atoms with E-state index in [0.717, 1.165) is 5.56 Å². The summed E-state index contributed by atoms with van der Waals surface area (Å²) in [5.74, 6) is -1.58. The van der Waals surface area contributed by atoms with Crippen molar-refractivity contribution in [2.75, 3.05) is 5.32 Å². The number of aromatic carboxylic acids is 1. The van der Waals surface area contributed by atoms with Crippen molar-refractivity contribution < 1.29 is 14.7 Å². The fourth-order valence-electron chi connectivity index (χ4n) is 1.53. The van der Waals surface area contributed by atoms with Gasteiger partial charge in [-0.2, -0.15) is 0 Å². The van der Waals surface area contributed by atoms with Gasteiger partial charge in [-0.1, -0.05) is 17.7 Å². The summed E-state index contributed by atoms with van der Waals surface area (Å²) in [4.78, 5) is 30.5. The van der Waals surface area contributed by atoms with Crippen LogP contribution in [0.3, 0.4) is 0 Å². The molecule has 0 fully saturated rings. The number of carboxylic acids is 1. The average molecular weight is 292 g/mol. The number of hydrogen-bond donors (Lipinski definition) is 2. The summed E-state index contributed by atoms with van der Waals surface area (Å²) >= 11 is 5.66. The van der Waals surface area contributed by atoms with Crippen LogP contribution in [0.2, 0.25) is 5.15 Å². The van der Waals surface area contributed by atoms with Gasteiger partial charge in [-0.05, 0) is 24.6 Å². The van der Waals surface area contributed by atoms with Gasteiger partial charge in [0.15, 0.2) is 0 Å². The minimum atomic E-state index is -1.07. The summed E-state index contributed by atoms with van der Waals surface area (Å²) in [7, 11) is 0. The number of rotatable bonds is 3. The number of benzene rings is 1. The van der Waals surface area contributed by atoms with E-state index in [-0.39, 0.29) is 16.4 Å². The van der Waals surface area contributed by atoms with Gasteiger partial charge >= 0.3 is 5.97 Å². The summed E-state index contributed by atoms with van der Waals surface area (Å²) in [6.45, 7) is 1.75. The third-order valence-corrected chi connectivity index (χ3v) is 2.75. The number of anilines is 1. The highest BCUT2D eigenvalue weighted by molar-refractivity contribution is 6.29. The summed E-state index contributed by atoms with van der Waals surface area (Å²) in [5.41, 5.74) is 1.27. The molecule has 1 aromatic heterocycles. The van der Waals surface area contributed by atoms with Crippen molar-refractivity contribution in [3.05, 3.63) is 52.6 Å². The van der Waals surface area contributed by atoms with Crippen LogP contribution < -0.4 is 5.32 Å². The predicted octanol–water partition coefficient (Wildman–Crippen LogP) is 2.39. The van der Waals surface area contributed by atoms with Crippen molar-refractivity contribution in [2.45, 2.75) is 6.92 Å². The Labute approximate surface area is 119 Å². The van der Waals surface area contributed by atoms with Crippen LogP contribution in [0.1, 0.15) is 26.4 Å². The monoisotopic (exact) mass is 291 g/mol. The van der Waals surface area contributed by atoms with E-state index in [0.29, 0.717) is 5.69 Å². The maximum atomic E-state index is 12.0. The molecule has 0 unspecified atom stereocenters. The lowest BCUT2D eigenvalue weighted by Crippen LogP contribution is -2.15. The molecule has 102 valence electrons. The van der Waals surface area contributed by atoms with Crippen LogP contribution in [0.4, 0.5) is 5.69 Å². The van der Waals surface area contributed by atoms with E-state index in [1.165, 1.54) is 24.5 Å². The number of carbonyl (C=O) groups excluding carboxylic acids is 1. The Balaban J connectivity index is 2.27. The van der Waals surface area contributed by atoms with Gasteiger partial charge in [-0.3, -0.25) is 9.78 Å². The normalized spacial score (nSPS) is 10.1. The summed E-state index contributed by atoms with van der Waals surface area (Å²) in [6.07, 6.45) is 2.59. The lowest BCUT2D eigenvalue weighted by atomic mass is 10.1. The number of carboxylic acid groups (broad SMARTS) is 1. The zero-order chi connectivity index (χ0) is 14.7. The second kappa shape index (κ2) is 5.66. The molecular weight excluding hydrogens is 282 g/mol. The largest absolute Gasteiger partial charge is 0.478 e. The molecule has 2 N–H and O–H groups in total. The highest BCUT2D eigenvalue weighted by Crippen LogP contribution is 2.18. The lowest BCUT2D eigenvalue weighted by molar-refractivity contribution is 0.0696. The Morgan fingerprint density at radius 3 is 2.70 bits per heavy atom. The number of aryl methyl sites for hydroxylation is 1. The number of carbonyl (C=O) groups is 2. The molecule has 0 aliphatic heterocycles. The zero-order valence-electron chi connectivity index (χ0n) is 10.4. The van der Waals surface area contributed by atoms with Crippen molar-refractivity contribution >= 4 is 29.2 Å². The Morgan fingerprint density at radius 1 is 1.30 bits per heavy atom. The zero-order valence-corrected chi connectivity index (χ0v) is 11.2. The highest BCUT2D eigenvalue weighted by Gasteiger charge is 2.12. The van der Waals surface area contributed by atoms with Crippen LogP contribution in [-0.4, -0.2) is 27.0 Å². The Hall–Kier alpha value is -2.47. The number of nitrogens with zero attached hydrogens (tertiary/aromatic N) is 2. The molecule has 0 atom stereocenters. The molecule has 0 saturated carbocycles. The van der Waals surface area contributed by atoms with Gasteiger partial charge in [-0.15, -0.1) is 0 Å². The minimum Gasteiger partial charge on any atom is -0.478 e. The quantitative estimate of drug-likeness (QED) is 0.906. The summed E-state index contributed by atoms with van der Waals surface area (Å²) in [6, 6.07) is 4.46. The number of halogens is 1. The first-order chi connectivity index (χ1) is 9.47. The van der Waals surface area contributed by atoms with Gasteiger partial charge in [-0.25, -0.2) is 9.78 Å². The van der Waals surface area contributed by atoms with Crippen molar-refractivity contribution in [3.8, 4) is 0 Å². The van der Waals surface area contributed by atoms with Gasteiger partial charge < -0.3 is 10.4 Å². The van der Waals surface area contributed by atoms with E-state index in [9.17, 15) is 9.59 Å². The topological polar surface area (TPSA) is 92.2 Å². The van der Waals surface area contributed by atoms with Gasteiger partial charge in [0, 0.05) is 5.69 Å². The van der Waals surface area contributed by atoms with Gasteiger partial charge in [0.05, 0.1) is 18.0 Å². The van der Waals surface area contributed by atoms with Crippen molar-refractivity contribution in [1.29, 1.82) is 0 Å². The van der Waals surface area contributed by atoms with Crippen molar-refractivity contribution in [1.82, 2.24) is 9.97 Å². The van der Waals surface area contributed by atoms with Crippen molar-refractivity contribution in [3.63, 3.8) is 0 Å². The molecule has 0 aliphatic rings. The molecule has 1 amide bonds. The summed E-state index contributed by atoms with van der Waals surface area (Å²) < 4.78 is 0. The Bertz CT molecular complexity index is 688. The van der Waals surface area contributed by atoms with Gasteiger partial charge in [0.25, 0.3) is 5.91 Å².